The molecule has 1 aliphatic carbocycles. The largest absolute Gasteiger partial charge is 0.390 e. The topological polar surface area (TPSA) is 33.1 Å². The fourth-order valence-electron chi connectivity index (χ4n) is 1.84. The highest BCUT2D eigenvalue weighted by Gasteiger charge is 2.18. The summed E-state index contributed by atoms with van der Waals surface area (Å²) in [7, 11) is 0. The summed E-state index contributed by atoms with van der Waals surface area (Å²) in [6.45, 7) is -0.0194. The molecule has 1 aromatic carbocycles. The molecule has 0 unspecified atom stereocenters. The van der Waals surface area contributed by atoms with Crippen LogP contribution in [-0.4, -0.2) is 10.1 Å². The minimum Gasteiger partial charge on any atom is -0.390 e. The van der Waals surface area contributed by atoms with Crippen molar-refractivity contribution in [3.8, 4) is 10.6 Å². The first-order chi connectivity index (χ1) is 9.26. The van der Waals surface area contributed by atoms with Gasteiger partial charge in [0.05, 0.1) is 17.2 Å². The average Bonchev–Trinajstić information content (AvgIpc) is 3.16. The van der Waals surface area contributed by atoms with Gasteiger partial charge in [0, 0.05) is 10.6 Å². The third-order valence-electron chi connectivity index (χ3n) is 3.11. The van der Waals surface area contributed by atoms with E-state index in [0.717, 1.165) is 32.1 Å². The van der Waals surface area contributed by atoms with Crippen molar-refractivity contribution in [2.45, 2.75) is 19.4 Å². The minimum atomic E-state index is -0.0194. The van der Waals surface area contributed by atoms with E-state index in [0.29, 0.717) is 0 Å². The van der Waals surface area contributed by atoms with E-state index in [1.165, 1.54) is 12.8 Å². The molecule has 1 aliphatic rings. The number of nitrogens with zero attached hydrogens (tertiary/aromatic N) is 1. The molecule has 0 radical (unpaired) electrons. The van der Waals surface area contributed by atoms with Crippen LogP contribution in [0.5, 0.6) is 0 Å². The number of benzene rings is 1. The maximum Gasteiger partial charge on any atom is 0.124 e. The Morgan fingerprint density at radius 1 is 1.32 bits per heavy atom. The molecule has 4 heteroatoms. The van der Waals surface area contributed by atoms with Crippen molar-refractivity contribution in [1.82, 2.24) is 4.98 Å². The van der Waals surface area contributed by atoms with Crippen molar-refractivity contribution in [3.05, 3.63) is 45.9 Å². The summed E-state index contributed by atoms with van der Waals surface area (Å²) in [6, 6.07) is 7.63. The summed E-state index contributed by atoms with van der Waals surface area (Å²) in [5.41, 5.74) is 1.79. The van der Waals surface area contributed by atoms with Crippen LogP contribution in [0.2, 0.25) is 5.02 Å². The third kappa shape index (κ3) is 3.06. The quantitative estimate of drug-likeness (QED) is 0.907. The van der Waals surface area contributed by atoms with Gasteiger partial charge in [-0.2, -0.15) is 0 Å². The van der Waals surface area contributed by atoms with Gasteiger partial charge in [0.25, 0.3) is 0 Å². The molecule has 2 aromatic rings. The lowest BCUT2D eigenvalue weighted by atomic mass is 10.2. The Morgan fingerprint density at radius 2 is 2.05 bits per heavy atom. The Kier molecular flexibility index (Phi) is 3.69. The number of aromatic nitrogens is 1. The number of aliphatic hydroxyl groups is 1. The van der Waals surface area contributed by atoms with Gasteiger partial charge in [-0.15, -0.1) is 11.3 Å². The number of aliphatic hydroxyl groups excluding tert-OH is 1. The normalized spacial score (nSPS) is 15.3. The van der Waals surface area contributed by atoms with Crippen LogP contribution in [0.25, 0.3) is 16.6 Å². The number of hydrogen-bond donors (Lipinski definition) is 1. The van der Waals surface area contributed by atoms with E-state index >= 15 is 0 Å². The van der Waals surface area contributed by atoms with E-state index in [1.54, 1.807) is 11.3 Å². The fourth-order valence-corrected chi connectivity index (χ4v) is 2.95. The first-order valence-electron chi connectivity index (χ1n) is 6.31. The van der Waals surface area contributed by atoms with Gasteiger partial charge in [-0.05, 0) is 37.0 Å². The van der Waals surface area contributed by atoms with Gasteiger partial charge in [-0.3, -0.25) is 0 Å². The van der Waals surface area contributed by atoms with Crippen LogP contribution >= 0.6 is 22.9 Å². The Balaban J connectivity index is 1.91. The summed E-state index contributed by atoms with van der Waals surface area (Å²) in [6.07, 6.45) is 6.89. The molecular weight excluding hydrogens is 278 g/mol. The van der Waals surface area contributed by atoms with Crippen LogP contribution < -0.4 is 0 Å². The summed E-state index contributed by atoms with van der Waals surface area (Å²) < 4.78 is 0. The van der Waals surface area contributed by atoms with Gasteiger partial charge in [0.1, 0.15) is 5.01 Å². The molecule has 1 fully saturated rings. The van der Waals surface area contributed by atoms with E-state index in [-0.39, 0.29) is 6.61 Å². The van der Waals surface area contributed by atoms with E-state index in [9.17, 15) is 5.11 Å². The zero-order chi connectivity index (χ0) is 13.2. The summed E-state index contributed by atoms with van der Waals surface area (Å²) in [5, 5.41) is 11.0. The highest BCUT2D eigenvalue weighted by atomic mass is 35.5. The van der Waals surface area contributed by atoms with Crippen molar-refractivity contribution in [2.75, 3.05) is 0 Å². The Hall–Kier alpha value is -1.16. The second-order valence-corrected chi connectivity index (χ2v) is 6.16. The number of allylic oxidation sites excluding steroid dienone is 1. The summed E-state index contributed by atoms with van der Waals surface area (Å²) >= 11 is 7.50. The van der Waals surface area contributed by atoms with Crippen LogP contribution in [0.15, 0.2) is 30.3 Å². The Morgan fingerprint density at radius 3 is 2.68 bits per heavy atom. The SMILES string of the molecule is OCc1nc(-c2ccc(Cl)cc2)sc1/C=C/C1CC1. The molecule has 98 valence electrons. The monoisotopic (exact) mass is 291 g/mol. The smallest absolute Gasteiger partial charge is 0.124 e. The molecular formula is C15H14ClNOS. The highest BCUT2D eigenvalue weighted by molar-refractivity contribution is 7.16. The van der Waals surface area contributed by atoms with Gasteiger partial charge < -0.3 is 5.11 Å². The summed E-state index contributed by atoms with van der Waals surface area (Å²) in [5.74, 6) is 0.729. The van der Waals surface area contributed by atoms with Crippen molar-refractivity contribution >= 4 is 29.0 Å². The maximum absolute atomic E-state index is 9.39. The zero-order valence-electron chi connectivity index (χ0n) is 10.3. The lowest BCUT2D eigenvalue weighted by Gasteiger charge is -1.95. The standard InChI is InChI=1S/C15H14ClNOS/c16-12-6-4-11(5-7-12)15-17-13(9-18)14(19-15)8-3-10-1-2-10/h3-8,10,18H,1-2,9H2/b8-3+. The van der Waals surface area contributed by atoms with Gasteiger partial charge in [0.2, 0.25) is 0 Å². The molecule has 0 saturated heterocycles. The van der Waals surface area contributed by atoms with E-state index < -0.39 is 0 Å². The molecule has 1 N–H and O–H groups in total. The Bertz CT molecular complexity index is 599. The van der Waals surface area contributed by atoms with Gasteiger partial charge in [0.15, 0.2) is 0 Å². The molecule has 2 nitrogen and oxygen atoms in total. The second kappa shape index (κ2) is 5.45. The third-order valence-corrected chi connectivity index (χ3v) is 4.47. The van der Waals surface area contributed by atoms with Crippen molar-refractivity contribution < 1.29 is 5.11 Å². The summed E-state index contributed by atoms with van der Waals surface area (Å²) in [4.78, 5) is 5.56. The predicted molar refractivity (Wildman–Crippen MR) is 80.2 cm³/mol. The predicted octanol–water partition coefficient (Wildman–Crippen LogP) is 4.38. The van der Waals surface area contributed by atoms with E-state index in [2.05, 4.69) is 17.1 Å². The van der Waals surface area contributed by atoms with Crippen LogP contribution in [0, 0.1) is 5.92 Å². The van der Waals surface area contributed by atoms with Gasteiger partial charge >= 0.3 is 0 Å². The highest BCUT2D eigenvalue weighted by Crippen LogP contribution is 2.34. The van der Waals surface area contributed by atoms with Crippen molar-refractivity contribution in [3.63, 3.8) is 0 Å². The molecule has 19 heavy (non-hydrogen) atoms. The van der Waals surface area contributed by atoms with Crippen molar-refractivity contribution in [2.24, 2.45) is 5.92 Å². The first kappa shape index (κ1) is 12.9. The first-order valence-corrected chi connectivity index (χ1v) is 7.50. The fraction of sp³-hybridized carbons (Fsp3) is 0.267. The van der Waals surface area contributed by atoms with Crippen LogP contribution in [0.4, 0.5) is 0 Å². The molecule has 1 saturated carbocycles. The second-order valence-electron chi connectivity index (χ2n) is 4.69. The van der Waals surface area contributed by atoms with Crippen LogP contribution in [0.1, 0.15) is 23.4 Å². The molecule has 0 aliphatic heterocycles. The van der Waals surface area contributed by atoms with Gasteiger partial charge in [-0.25, -0.2) is 4.98 Å². The Labute approximate surface area is 121 Å². The van der Waals surface area contributed by atoms with Gasteiger partial charge in [-0.1, -0.05) is 29.8 Å². The lowest BCUT2D eigenvalue weighted by Crippen LogP contribution is -1.85. The van der Waals surface area contributed by atoms with Crippen LogP contribution in [0.3, 0.4) is 0 Å². The average molecular weight is 292 g/mol. The molecule has 1 aromatic heterocycles. The number of thiazole rings is 1. The van der Waals surface area contributed by atoms with Crippen LogP contribution in [-0.2, 0) is 6.61 Å². The maximum atomic E-state index is 9.39. The molecule has 0 amide bonds. The lowest BCUT2D eigenvalue weighted by molar-refractivity contribution is 0.277. The van der Waals surface area contributed by atoms with E-state index in [1.807, 2.05) is 24.3 Å². The molecule has 3 rings (SSSR count). The number of hydrogen-bond acceptors (Lipinski definition) is 3. The number of rotatable bonds is 4. The molecule has 0 spiro atoms. The molecule has 0 atom stereocenters. The number of halogens is 1. The molecule has 1 heterocycles. The zero-order valence-corrected chi connectivity index (χ0v) is 11.9. The van der Waals surface area contributed by atoms with Crippen molar-refractivity contribution in [1.29, 1.82) is 0 Å². The molecule has 0 bridgehead atoms. The minimum absolute atomic E-state index is 0.0194. The van der Waals surface area contributed by atoms with E-state index in [4.69, 9.17) is 11.6 Å².